The van der Waals surface area contributed by atoms with E-state index in [1.54, 1.807) is 6.07 Å². The van der Waals surface area contributed by atoms with E-state index < -0.39 is 0 Å². The number of aromatic nitrogens is 1. The van der Waals surface area contributed by atoms with Gasteiger partial charge in [0.05, 0.1) is 0 Å². The maximum atomic E-state index is 12.1. The number of amides is 1. The number of nitrogens with zero attached hydrogens (tertiary/aromatic N) is 1. The highest BCUT2D eigenvalue weighted by molar-refractivity contribution is 5.92. The third kappa shape index (κ3) is 5.19. The highest BCUT2D eigenvalue weighted by Gasteiger charge is 2.20. The minimum Gasteiger partial charge on any atom is -0.370 e. The standard InChI is InChI=1S/C16H27N3O/c1-6-10-17-14-9-7-8-13(19-14)15(20)18-11-12(2)16(3,4)5/h7-9,12H,6,10-11H2,1-5H3,(H,17,19)(H,18,20). The van der Waals surface area contributed by atoms with E-state index in [0.717, 1.165) is 18.8 Å². The molecule has 112 valence electrons. The molecule has 0 spiro atoms. The average Bonchev–Trinajstić information content (AvgIpc) is 2.41. The van der Waals surface area contributed by atoms with Crippen molar-refractivity contribution < 1.29 is 4.79 Å². The fourth-order valence-corrected chi connectivity index (χ4v) is 1.56. The van der Waals surface area contributed by atoms with Crippen molar-refractivity contribution in [3.05, 3.63) is 23.9 Å². The fourth-order valence-electron chi connectivity index (χ4n) is 1.56. The van der Waals surface area contributed by atoms with Gasteiger partial charge in [-0.2, -0.15) is 0 Å². The molecule has 0 bridgehead atoms. The highest BCUT2D eigenvalue weighted by Crippen LogP contribution is 2.24. The molecule has 0 fully saturated rings. The van der Waals surface area contributed by atoms with Crippen LogP contribution >= 0.6 is 0 Å². The number of carbonyl (C=O) groups is 1. The molecule has 0 aliphatic rings. The van der Waals surface area contributed by atoms with E-state index in [9.17, 15) is 4.79 Å². The molecule has 4 heteroatoms. The Labute approximate surface area is 122 Å². The molecule has 0 saturated carbocycles. The molecular formula is C16H27N3O. The lowest BCUT2D eigenvalue weighted by molar-refractivity contribution is 0.0932. The zero-order valence-corrected chi connectivity index (χ0v) is 13.3. The molecule has 1 unspecified atom stereocenters. The van der Waals surface area contributed by atoms with Crippen molar-refractivity contribution in [1.82, 2.24) is 10.3 Å². The molecule has 0 aromatic carbocycles. The van der Waals surface area contributed by atoms with Crippen molar-refractivity contribution in [1.29, 1.82) is 0 Å². The molecule has 1 atom stereocenters. The van der Waals surface area contributed by atoms with Gasteiger partial charge in [-0.05, 0) is 29.9 Å². The van der Waals surface area contributed by atoms with Crippen LogP contribution in [-0.2, 0) is 0 Å². The quantitative estimate of drug-likeness (QED) is 0.838. The van der Waals surface area contributed by atoms with Crippen LogP contribution in [0.25, 0.3) is 0 Å². The molecule has 1 rings (SSSR count). The molecule has 4 nitrogen and oxygen atoms in total. The molecule has 20 heavy (non-hydrogen) atoms. The summed E-state index contributed by atoms with van der Waals surface area (Å²) in [6.07, 6.45) is 1.03. The van der Waals surface area contributed by atoms with E-state index in [0.29, 0.717) is 18.2 Å². The SMILES string of the molecule is CCCNc1cccc(C(=O)NCC(C)C(C)(C)C)n1. The summed E-state index contributed by atoms with van der Waals surface area (Å²) in [5.74, 6) is 1.05. The first kappa shape index (κ1) is 16.5. The van der Waals surface area contributed by atoms with E-state index >= 15 is 0 Å². The van der Waals surface area contributed by atoms with Gasteiger partial charge in [0, 0.05) is 13.1 Å². The van der Waals surface area contributed by atoms with Crippen molar-refractivity contribution in [2.24, 2.45) is 11.3 Å². The van der Waals surface area contributed by atoms with Crippen LogP contribution in [0.2, 0.25) is 0 Å². The zero-order valence-electron chi connectivity index (χ0n) is 13.3. The van der Waals surface area contributed by atoms with Gasteiger partial charge in [-0.15, -0.1) is 0 Å². The number of carbonyl (C=O) groups excluding carboxylic acids is 1. The Balaban J connectivity index is 2.59. The molecule has 2 N–H and O–H groups in total. The minimum absolute atomic E-state index is 0.110. The van der Waals surface area contributed by atoms with Crippen molar-refractivity contribution in [2.75, 3.05) is 18.4 Å². The van der Waals surface area contributed by atoms with E-state index in [-0.39, 0.29) is 11.3 Å². The van der Waals surface area contributed by atoms with Gasteiger partial charge in [-0.1, -0.05) is 40.7 Å². The van der Waals surface area contributed by atoms with Crippen LogP contribution in [0.15, 0.2) is 18.2 Å². The van der Waals surface area contributed by atoms with Crippen LogP contribution in [0.5, 0.6) is 0 Å². The Kier molecular flexibility index (Phi) is 5.99. The summed E-state index contributed by atoms with van der Waals surface area (Å²) in [6.45, 7) is 12.3. The van der Waals surface area contributed by atoms with Crippen LogP contribution in [0.3, 0.4) is 0 Å². The smallest absolute Gasteiger partial charge is 0.269 e. The van der Waals surface area contributed by atoms with Crippen LogP contribution in [-0.4, -0.2) is 24.0 Å². The summed E-state index contributed by atoms with van der Waals surface area (Å²) in [4.78, 5) is 16.4. The first-order chi connectivity index (χ1) is 9.34. The van der Waals surface area contributed by atoms with E-state index in [2.05, 4.69) is 50.2 Å². The summed E-state index contributed by atoms with van der Waals surface area (Å²) in [6, 6.07) is 5.48. The van der Waals surface area contributed by atoms with Crippen LogP contribution in [0.1, 0.15) is 51.5 Å². The number of hydrogen-bond acceptors (Lipinski definition) is 3. The second kappa shape index (κ2) is 7.27. The van der Waals surface area contributed by atoms with Crippen LogP contribution in [0.4, 0.5) is 5.82 Å². The van der Waals surface area contributed by atoms with Gasteiger partial charge in [0.1, 0.15) is 11.5 Å². The second-order valence-electron chi connectivity index (χ2n) is 6.31. The van der Waals surface area contributed by atoms with E-state index in [4.69, 9.17) is 0 Å². The normalized spacial score (nSPS) is 12.8. The lowest BCUT2D eigenvalue weighted by Gasteiger charge is -2.27. The number of nitrogens with one attached hydrogen (secondary N) is 2. The Bertz CT molecular complexity index is 438. The van der Waals surface area contributed by atoms with Gasteiger partial charge < -0.3 is 10.6 Å². The average molecular weight is 277 g/mol. The van der Waals surface area contributed by atoms with Crippen molar-refractivity contribution in [3.8, 4) is 0 Å². The van der Waals surface area contributed by atoms with Crippen LogP contribution in [0, 0.1) is 11.3 Å². The molecule has 0 saturated heterocycles. The molecular weight excluding hydrogens is 250 g/mol. The summed E-state index contributed by atoms with van der Waals surface area (Å²) >= 11 is 0. The first-order valence-electron chi connectivity index (χ1n) is 7.33. The lowest BCUT2D eigenvalue weighted by Crippen LogP contribution is -2.34. The highest BCUT2D eigenvalue weighted by atomic mass is 16.1. The van der Waals surface area contributed by atoms with Crippen molar-refractivity contribution in [2.45, 2.75) is 41.0 Å². The van der Waals surface area contributed by atoms with Crippen molar-refractivity contribution in [3.63, 3.8) is 0 Å². The molecule has 0 radical (unpaired) electrons. The molecule has 1 aromatic heterocycles. The summed E-state index contributed by atoms with van der Waals surface area (Å²) < 4.78 is 0. The molecule has 0 aliphatic heterocycles. The predicted molar refractivity (Wildman–Crippen MR) is 84.0 cm³/mol. The monoisotopic (exact) mass is 277 g/mol. The summed E-state index contributed by atoms with van der Waals surface area (Å²) in [5.41, 5.74) is 0.651. The number of pyridine rings is 1. The number of anilines is 1. The van der Waals surface area contributed by atoms with E-state index in [1.807, 2.05) is 12.1 Å². The Morgan fingerprint density at radius 3 is 2.65 bits per heavy atom. The van der Waals surface area contributed by atoms with Gasteiger partial charge in [-0.25, -0.2) is 4.98 Å². The van der Waals surface area contributed by atoms with Gasteiger partial charge in [0.2, 0.25) is 0 Å². The van der Waals surface area contributed by atoms with Gasteiger partial charge in [0.25, 0.3) is 5.91 Å². The Morgan fingerprint density at radius 2 is 2.05 bits per heavy atom. The third-order valence-electron chi connectivity index (χ3n) is 3.59. The topological polar surface area (TPSA) is 54.0 Å². The van der Waals surface area contributed by atoms with Gasteiger partial charge in [0.15, 0.2) is 0 Å². The lowest BCUT2D eigenvalue weighted by atomic mass is 9.82. The first-order valence-corrected chi connectivity index (χ1v) is 7.33. The third-order valence-corrected chi connectivity index (χ3v) is 3.59. The summed E-state index contributed by atoms with van der Waals surface area (Å²) in [7, 11) is 0. The molecule has 1 aromatic rings. The van der Waals surface area contributed by atoms with Crippen LogP contribution < -0.4 is 10.6 Å². The Hall–Kier alpha value is -1.58. The summed E-state index contributed by atoms with van der Waals surface area (Å²) in [5, 5.41) is 6.15. The largest absolute Gasteiger partial charge is 0.370 e. The number of hydrogen-bond donors (Lipinski definition) is 2. The fraction of sp³-hybridized carbons (Fsp3) is 0.625. The molecule has 0 aliphatic carbocycles. The number of rotatable bonds is 6. The van der Waals surface area contributed by atoms with E-state index in [1.165, 1.54) is 0 Å². The maximum Gasteiger partial charge on any atom is 0.269 e. The van der Waals surface area contributed by atoms with Gasteiger partial charge in [-0.3, -0.25) is 4.79 Å². The molecule has 1 heterocycles. The predicted octanol–water partition coefficient (Wildman–Crippen LogP) is 3.32. The van der Waals surface area contributed by atoms with Gasteiger partial charge >= 0.3 is 0 Å². The maximum absolute atomic E-state index is 12.1. The second-order valence-corrected chi connectivity index (χ2v) is 6.31. The van der Waals surface area contributed by atoms with Crippen molar-refractivity contribution >= 4 is 11.7 Å². The molecule has 1 amide bonds. The Morgan fingerprint density at radius 1 is 1.35 bits per heavy atom. The zero-order chi connectivity index (χ0) is 15.2. The minimum atomic E-state index is -0.110.